The van der Waals surface area contributed by atoms with Crippen molar-refractivity contribution in [3.05, 3.63) is 28.8 Å². The second-order valence-electron chi connectivity index (χ2n) is 8.28. The van der Waals surface area contributed by atoms with Gasteiger partial charge in [0.25, 0.3) is 10.2 Å². The summed E-state index contributed by atoms with van der Waals surface area (Å²) in [6.07, 6.45) is 5.46. The van der Waals surface area contributed by atoms with Crippen LogP contribution in [0.2, 0.25) is 0 Å². The third-order valence-corrected chi connectivity index (χ3v) is 7.90. The normalized spacial score (nSPS) is 22.6. The third kappa shape index (κ3) is 4.75. The molecule has 1 amide bonds. The van der Waals surface area contributed by atoms with E-state index in [4.69, 9.17) is 0 Å². The summed E-state index contributed by atoms with van der Waals surface area (Å²) in [6.45, 7) is 7.99. The molecule has 7 heteroatoms. The highest BCUT2D eigenvalue weighted by Gasteiger charge is 2.36. The Balaban J connectivity index is 1.70. The molecule has 2 fully saturated rings. The molecule has 0 bridgehead atoms. The quantitative estimate of drug-likeness (QED) is 0.832. The molecule has 2 saturated heterocycles. The Kier molecular flexibility index (Phi) is 6.78. The molecule has 156 valence electrons. The largest absolute Gasteiger partial charge is 0.325 e. The molecule has 1 unspecified atom stereocenters. The van der Waals surface area contributed by atoms with Crippen molar-refractivity contribution in [1.29, 1.82) is 0 Å². The van der Waals surface area contributed by atoms with Crippen LogP contribution in [0.25, 0.3) is 0 Å². The molecule has 2 aliphatic rings. The number of carbonyl (C=O) groups excluding carboxylic acids is 1. The fourth-order valence-electron chi connectivity index (χ4n) is 4.40. The molecule has 1 aromatic carbocycles. The van der Waals surface area contributed by atoms with E-state index in [2.05, 4.69) is 17.4 Å². The Hall–Kier alpha value is -1.44. The van der Waals surface area contributed by atoms with Gasteiger partial charge in [0.15, 0.2) is 0 Å². The number of piperidine rings is 1. The van der Waals surface area contributed by atoms with Crippen molar-refractivity contribution in [2.75, 3.05) is 31.5 Å². The van der Waals surface area contributed by atoms with Crippen LogP contribution in [0.5, 0.6) is 0 Å². The van der Waals surface area contributed by atoms with Gasteiger partial charge in [-0.3, -0.25) is 4.79 Å². The molecule has 0 spiro atoms. The van der Waals surface area contributed by atoms with E-state index in [0.29, 0.717) is 19.6 Å². The maximum atomic E-state index is 13.1. The van der Waals surface area contributed by atoms with Crippen molar-refractivity contribution in [3.63, 3.8) is 0 Å². The molecule has 3 rings (SSSR count). The Morgan fingerprint density at radius 2 is 1.50 bits per heavy atom. The number of hydrogen-bond donors (Lipinski definition) is 1. The van der Waals surface area contributed by atoms with Gasteiger partial charge in [0.05, 0.1) is 5.92 Å². The molecular formula is C21H33N3O3S. The van der Waals surface area contributed by atoms with Gasteiger partial charge in [-0.1, -0.05) is 30.5 Å². The summed E-state index contributed by atoms with van der Waals surface area (Å²) in [5.74, 6) is -0.388. The average molecular weight is 408 g/mol. The lowest BCUT2D eigenvalue weighted by molar-refractivity contribution is -0.120. The lowest BCUT2D eigenvalue weighted by Crippen LogP contribution is -2.50. The maximum absolute atomic E-state index is 13.1. The average Bonchev–Trinajstić information content (AvgIpc) is 2.94. The van der Waals surface area contributed by atoms with Crippen molar-refractivity contribution in [2.45, 2.75) is 59.3 Å². The van der Waals surface area contributed by atoms with E-state index >= 15 is 0 Å². The molecule has 6 nitrogen and oxygen atoms in total. The SMILES string of the molecule is Cc1cc(C)c(NC(=O)C2CCCN(S(=O)(=O)N3CCCCCC3)C2)c(C)c1. The number of rotatable bonds is 4. The van der Waals surface area contributed by atoms with Gasteiger partial charge in [-0.25, -0.2) is 0 Å². The zero-order chi connectivity index (χ0) is 20.3. The standard InChI is InChI=1S/C21H33N3O3S/c1-16-13-17(2)20(18(3)14-16)22-21(25)19-9-8-12-24(15-19)28(26,27)23-10-6-4-5-7-11-23/h13-14,19H,4-12,15H2,1-3H3,(H,22,25). The summed E-state index contributed by atoms with van der Waals surface area (Å²) in [5, 5.41) is 3.06. The minimum Gasteiger partial charge on any atom is -0.325 e. The molecule has 1 N–H and O–H groups in total. The molecular weight excluding hydrogens is 374 g/mol. The monoisotopic (exact) mass is 407 g/mol. The first-order valence-corrected chi connectivity index (χ1v) is 11.8. The predicted octanol–water partition coefficient (Wildman–Crippen LogP) is 3.38. The van der Waals surface area contributed by atoms with E-state index in [9.17, 15) is 13.2 Å². The van der Waals surface area contributed by atoms with Crippen LogP contribution in [0.15, 0.2) is 12.1 Å². The number of nitrogens with one attached hydrogen (secondary N) is 1. The number of amides is 1. The second kappa shape index (κ2) is 8.93. The summed E-state index contributed by atoms with van der Waals surface area (Å²) >= 11 is 0. The van der Waals surface area contributed by atoms with E-state index in [1.165, 1.54) is 9.87 Å². The van der Waals surface area contributed by atoms with Crippen LogP contribution in [-0.2, 0) is 15.0 Å². The van der Waals surface area contributed by atoms with Crippen LogP contribution in [0, 0.1) is 26.7 Å². The number of carbonyl (C=O) groups is 1. The molecule has 2 heterocycles. The summed E-state index contributed by atoms with van der Waals surface area (Å²) in [4.78, 5) is 12.9. The van der Waals surface area contributed by atoms with Crippen LogP contribution in [0.1, 0.15) is 55.2 Å². The van der Waals surface area contributed by atoms with Crippen molar-refractivity contribution in [1.82, 2.24) is 8.61 Å². The molecule has 2 aliphatic heterocycles. The van der Waals surface area contributed by atoms with E-state index < -0.39 is 10.2 Å². The molecule has 0 radical (unpaired) electrons. The zero-order valence-electron chi connectivity index (χ0n) is 17.3. The fraction of sp³-hybridized carbons (Fsp3) is 0.667. The van der Waals surface area contributed by atoms with E-state index in [0.717, 1.165) is 55.3 Å². The number of aryl methyl sites for hydroxylation is 3. The third-order valence-electron chi connectivity index (χ3n) is 5.90. The minimum atomic E-state index is -3.48. The maximum Gasteiger partial charge on any atom is 0.281 e. The van der Waals surface area contributed by atoms with Crippen molar-refractivity contribution in [2.24, 2.45) is 5.92 Å². The molecule has 0 saturated carbocycles. The van der Waals surface area contributed by atoms with Crippen LogP contribution in [0.3, 0.4) is 0 Å². The van der Waals surface area contributed by atoms with Crippen LogP contribution in [-0.4, -0.2) is 49.1 Å². The minimum absolute atomic E-state index is 0.0779. The molecule has 1 atom stereocenters. The fourth-order valence-corrected chi connectivity index (χ4v) is 6.18. The summed E-state index contributed by atoms with van der Waals surface area (Å²) in [7, 11) is -3.48. The highest BCUT2D eigenvalue weighted by atomic mass is 32.2. The van der Waals surface area contributed by atoms with Gasteiger partial charge in [0.2, 0.25) is 5.91 Å². The molecule has 28 heavy (non-hydrogen) atoms. The van der Waals surface area contributed by atoms with E-state index in [-0.39, 0.29) is 18.4 Å². The first-order chi connectivity index (χ1) is 13.3. The Bertz CT molecular complexity index is 791. The number of nitrogens with zero attached hydrogens (tertiary/aromatic N) is 2. The van der Waals surface area contributed by atoms with Crippen LogP contribution >= 0.6 is 0 Å². The van der Waals surface area contributed by atoms with Gasteiger partial charge in [0, 0.05) is 31.9 Å². The lowest BCUT2D eigenvalue weighted by Gasteiger charge is -2.34. The van der Waals surface area contributed by atoms with Gasteiger partial charge in [-0.15, -0.1) is 0 Å². The predicted molar refractivity (Wildman–Crippen MR) is 113 cm³/mol. The van der Waals surface area contributed by atoms with Gasteiger partial charge in [-0.05, 0) is 57.6 Å². The zero-order valence-corrected chi connectivity index (χ0v) is 18.1. The highest BCUT2D eigenvalue weighted by Crippen LogP contribution is 2.26. The highest BCUT2D eigenvalue weighted by molar-refractivity contribution is 7.86. The van der Waals surface area contributed by atoms with Gasteiger partial charge in [-0.2, -0.15) is 17.0 Å². The number of hydrogen-bond acceptors (Lipinski definition) is 3. The van der Waals surface area contributed by atoms with Crippen molar-refractivity contribution < 1.29 is 13.2 Å². The lowest BCUT2D eigenvalue weighted by atomic mass is 9.98. The summed E-state index contributed by atoms with van der Waals surface area (Å²) in [5.41, 5.74) is 4.09. The molecule has 0 aromatic heterocycles. The second-order valence-corrected chi connectivity index (χ2v) is 10.2. The first kappa shape index (κ1) is 21.3. The number of benzene rings is 1. The van der Waals surface area contributed by atoms with Gasteiger partial charge in [0.1, 0.15) is 0 Å². The Morgan fingerprint density at radius 1 is 0.929 bits per heavy atom. The summed E-state index contributed by atoms with van der Waals surface area (Å²) < 4.78 is 29.3. The van der Waals surface area contributed by atoms with Gasteiger partial charge >= 0.3 is 0 Å². The van der Waals surface area contributed by atoms with Crippen molar-refractivity contribution in [3.8, 4) is 0 Å². The molecule has 1 aromatic rings. The smallest absolute Gasteiger partial charge is 0.281 e. The Labute approximate surface area is 169 Å². The van der Waals surface area contributed by atoms with Crippen LogP contribution < -0.4 is 5.32 Å². The summed E-state index contributed by atoms with van der Waals surface area (Å²) in [6, 6.07) is 4.11. The molecule has 0 aliphatic carbocycles. The Morgan fingerprint density at radius 3 is 2.11 bits per heavy atom. The topological polar surface area (TPSA) is 69.7 Å². The van der Waals surface area contributed by atoms with Crippen molar-refractivity contribution >= 4 is 21.8 Å². The first-order valence-electron chi connectivity index (χ1n) is 10.4. The van der Waals surface area contributed by atoms with Gasteiger partial charge < -0.3 is 5.32 Å². The van der Waals surface area contributed by atoms with Crippen LogP contribution in [0.4, 0.5) is 5.69 Å². The van der Waals surface area contributed by atoms with E-state index in [1.54, 1.807) is 4.31 Å². The number of anilines is 1. The van der Waals surface area contributed by atoms with E-state index in [1.807, 2.05) is 20.8 Å².